The van der Waals surface area contributed by atoms with Gasteiger partial charge in [-0.25, -0.2) is 4.39 Å². The lowest BCUT2D eigenvalue weighted by Gasteiger charge is -2.04. The molecule has 1 aliphatic carbocycles. The Morgan fingerprint density at radius 3 is 2.94 bits per heavy atom. The van der Waals surface area contributed by atoms with Gasteiger partial charge >= 0.3 is 0 Å². The lowest BCUT2D eigenvalue weighted by molar-refractivity contribution is -0.118. The summed E-state index contributed by atoms with van der Waals surface area (Å²) in [6.07, 6.45) is 2.15. The van der Waals surface area contributed by atoms with E-state index in [9.17, 15) is 9.18 Å². The van der Waals surface area contributed by atoms with Crippen molar-refractivity contribution in [2.75, 3.05) is 11.5 Å². The summed E-state index contributed by atoms with van der Waals surface area (Å²) in [5.74, 6) is -0.114. The smallest absolute Gasteiger partial charge is 0.230 e. The van der Waals surface area contributed by atoms with E-state index in [-0.39, 0.29) is 11.6 Å². The number of carbonyl (C=O) groups excluding carboxylic acids is 1. The van der Waals surface area contributed by atoms with Crippen molar-refractivity contribution in [3.8, 4) is 0 Å². The second kappa shape index (κ2) is 4.74. The van der Waals surface area contributed by atoms with Gasteiger partial charge in [0.1, 0.15) is 5.82 Å². The fraction of sp³-hybridized carbons (Fsp3) is 0.364. The van der Waals surface area contributed by atoms with Crippen LogP contribution < -0.4 is 11.1 Å². The SMILES string of the molecule is Nc1ccc(SCC(=O)NC2CC2)cc1F. The van der Waals surface area contributed by atoms with Crippen LogP contribution in [0.25, 0.3) is 0 Å². The number of halogens is 1. The number of thioether (sulfide) groups is 1. The first-order chi connectivity index (χ1) is 7.65. The molecule has 0 radical (unpaired) electrons. The topological polar surface area (TPSA) is 55.1 Å². The Labute approximate surface area is 97.6 Å². The largest absolute Gasteiger partial charge is 0.396 e. The highest BCUT2D eigenvalue weighted by molar-refractivity contribution is 8.00. The van der Waals surface area contributed by atoms with E-state index >= 15 is 0 Å². The van der Waals surface area contributed by atoms with Crippen LogP contribution in [0.4, 0.5) is 10.1 Å². The second-order valence-corrected chi connectivity index (χ2v) is 4.86. The third-order valence-electron chi connectivity index (χ3n) is 2.28. The van der Waals surface area contributed by atoms with Crippen LogP contribution in [0.1, 0.15) is 12.8 Å². The summed E-state index contributed by atoms with van der Waals surface area (Å²) in [5.41, 5.74) is 5.49. The van der Waals surface area contributed by atoms with Crippen molar-refractivity contribution in [1.82, 2.24) is 5.32 Å². The summed E-state index contributed by atoms with van der Waals surface area (Å²) in [5, 5.41) is 2.87. The highest BCUT2D eigenvalue weighted by Crippen LogP contribution is 2.23. The van der Waals surface area contributed by atoms with Crippen LogP contribution in [-0.2, 0) is 4.79 Å². The second-order valence-electron chi connectivity index (χ2n) is 3.81. The molecule has 1 aliphatic rings. The molecule has 0 unspecified atom stereocenters. The van der Waals surface area contributed by atoms with Crippen LogP contribution in [-0.4, -0.2) is 17.7 Å². The number of amides is 1. The maximum Gasteiger partial charge on any atom is 0.230 e. The first-order valence-electron chi connectivity index (χ1n) is 5.12. The molecular weight excluding hydrogens is 227 g/mol. The van der Waals surface area contributed by atoms with Gasteiger partial charge in [0.25, 0.3) is 0 Å². The van der Waals surface area contributed by atoms with Crippen molar-refractivity contribution in [2.24, 2.45) is 0 Å². The molecule has 0 saturated heterocycles. The van der Waals surface area contributed by atoms with Crippen LogP contribution in [0.15, 0.2) is 23.1 Å². The van der Waals surface area contributed by atoms with Crippen molar-refractivity contribution in [3.05, 3.63) is 24.0 Å². The molecule has 1 saturated carbocycles. The third kappa shape index (κ3) is 3.13. The van der Waals surface area contributed by atoms with Crippen LogP contribution in [0, 0.1) is 5.82 Å². The molecule has 0 spiro atoms. The molecule has 2 rings (SSSR count). The number of hydrogen-bond acceptors (Lipinski definition) is 3. The minimum atomic E-state index is -0.437. The standard InChI is InChI=1S/C11H13FN2OS/c12-9-5-8(3-4-10(9)13)16-6-11(15)14-7-1-2-7/h3-5,7H,1-2,6,13H2,(H,14,15). The Morgan fingerprint density at radius 2 is 2.31 bits per heavy atom. The number of rotatable bonds is 4. The Bertz CT molecular complexity index is 407. The minimum Gasteiger partial charge on any atom is -0.396 e. The lowest BCUT2D eigenvalue weighted by Crippen LogP contribution is -2.26. The zero-order valence-corrected chi connectivity index (χ0v) is 9.52. The quantitative estimate of drug-likeness (QED) is 0.623. The van der Waals surface area contributed by atoms with Crippen molar-refractivity contribution in [1.29, 1.82) is 0 Å². The molecule has 0 aliphatic heterocycles. The maximum atomic E-state index is 13.1. The molecule has 16 heavy (non-hydrogen) atoms. The van der Waals surface area contributed by atoms with Crippen molar-refractivity contribution in [2.45, 2.75) is 23.8 Å². The number of carbonyl (C=O) groups is 1. The monoisotopic (exact) mass is 240 g/mol. The van der Waals surface area contributed by atoms with Crippen LogP contribution in [0.3, 0.4) is 0 Å². The molecule has 0 bridgehead atoms. The number of hydrogen-bond donors (Lipinski definition) is 2. The van der Waals surface area contributed by atoms with Gasteiger partial charge in [-0.3, -0.25) is 4.79 Å². The first kappa shape index (κ1) is 11.3. The van der Waals surface area contributed by atoms with E-state index in [2.05, 4.69) is 5.32 Å². The van der Waals surface area contributed by atoms with Gasteiger partial charge in [-0.2, -0.15) is 0 Å². The number of nitrogens with one attached hydrogen (secondary N) is 1. The molecule has 0 heterocycles. The van der Waals surface area contributed by atoms with E-state index in [1.54, 1.807) is 6.07 Å². The Hall–Kier alpha value is -1.23. The summed E-state index contributed by atoms with van der Waals surface area (Å²) < 4.78 is 13.1. The normalized spacial score (nSPS) is 14.8. The van der Waals surface area contributed by atoms with Gasteiger partial charge in [0.15, 0.2) is 0 Å². The highest BCUT2D eigenvalue weighted by atomic mass is 32.2. The zero-order valence-electron chi connectivity index (χ0n) is 8.70. The number of nitrogens with two attached hydrogens (primary N) is 1. The third-order valence-corrected chi connectivity index (χ3v) is 3.28. The van der Waals surface area contributed by atoms with Gasteiger partial charge in [-0.1, -0.05) is 0 Å². The summed E-state index contributed by atoms with van der Waals surface area (Å²) in [6.45, 7) is 0. The molecular formula is C11H13FN2OS. The molecule has 1 amide bonds. The fourth-order valence-corrected chi connectivity index (χ4v) is 1.98. The molecule has 1 aromatic carbocycles. The highest BCUT2D eigenvalue weighted by Gasteiger charge is 2.22. The van der Waals surface area contributed by atoms with E-state index in [0.717, 1.165) is 17.7 Å². The van der Waals surface area contributed by atoms with Gasteiger partial charge in [0, 0.05) is 10.9 Å². The lowest BCUT2D eigenvalue weighted by atomic mass is 10.3. The molecule has 3 N–H and O–H groups in total. The molecule has 5 heteroatoms. The van der Waals surface area contributed by atoms with Gasteiger partial charge in [0.2, 0.25) is 5.91 Å². The fourth-order valence-electron chi connectivity index (χ4n) is 1.24. The molecule has 1 fully saturated rings. The van der Waals surface area contributed by atoms with Gasteiger partial charge in [-0.05, 0) is 31.0 Å². The number of nitrogen functional groups attached to an aromatic ring is 1. The van der Waals surface area contributed by atoms with Crippen molar-refractivity contribution >= 4 is 23.4 Å². The number of anilines is 1. The Morgan fingerprint density at radius 1 is 1.56 bits per heavy atom. The van der Waals surface area contributed by atoms with Crippen molar-refractivity contribution < 1.29 is 9.18 Å². The van der Waals surface area contributed by atoms with Gasteiger partial charge in [0.05, 0.1) is 11.4 Å². The molecule has 0 aromatic heterocycles. The number of benzene rings is 1. The van der Waals surface area contributed by atoms with Crippen molar-refractivity contribution in [3.63, 3.8) is 0 Å². The first-order valence-corrected chi connectivity index (χ1v) is 6.11. The molecule has 3 nitrogen and oxygen atoms in total. The molecule has 0 atom stereocenters. The summed E-state index contributed by atoms with van der Waals surface area (Å²) in [6, 6.07) is 4.95. The molecule has 86 valence electrons. The predicted molar refractivity (Wildman–Crippen MR) is 62.7 cm³/mol. The van der Waals surface area contributed by atoms with E-state index in [4.69, 9.17) is 5.73 Å². The maximum absolute atomic E-state index is 13.1. The predicted octanol–water partition coefficient (Wildman–Crippen LogP) is 1.78. The minimum absolute atomic E-state index is 0.00438. The van der Waals surface area contributed by atoms with Gasteiger partial charge in [-0.15, -0.1) is 11.8 Å². The Kier molecular flexibility index (Phi) is 3.33. The van der Waals surface area contributed by atoms with Crippen LogP contribution >= 0.6 is 11.8 Å². The average molecular weight is 240 g/mol. The summed E-state index contributed by atoms with van der Waals surface area (Å²) in [7, 11) is 0. The Balaban J connectivity index is 1.83. The zero-order chi connectivity index (χ0) is 11.5. The molecule has 1 aromatic rings. The van der Waals surface area contributed by atoms with Gasteiger partial charge < -0.3 is 11.1 Å². The van der Waals surface area contributed by atoms with E-state index in [0.29, 0.717) is 11.8 Å². The van der Waals surface area contributed by atoms with E-state index < -0.39 is 5.82 Å². The van der Waals surface area contributed by atoms with E-state index in [1.807, 2.05) is 0 Å². The average Bonchev–Trinajstić information content (AvgIpc) is 3.04. The van der Waals surface area contributed by atoms with Crippen LogP contribution in [0.5, 0.6) is 0 Å². The van der Waals surface area contributed by atoms with E-state index in [1.165, 1.54) is 23.9 Å². The van der Waals surface area contributed by atoms with Crippen LogP contribution in [0.2, 0.25) is 0 Å². The summed E-state index contributed by atoms with van der Waals surface area (Å²) in [4.78, 5) is 12.1. The summed E-state index contributed by atoms with van der Waals surface area (Å²) >= 11 is 1.31.